The zero-order chi connectivity index (χ0) is 20.0. The predicted octanol–water partition coefficient (Wildman–Crippen LogP) is 1.27. The molecule has 11 heteroatoms. The molecule has 0 saturated heterocycles. The third-order valence-electron chi connectivity index (χ3n) is 3.61. The number of aromatic nitrogens is 2. The third-order valence-corrected chi connectivity index (χ3v) is 6.47. The molecule has 3 aromatic rings. The van der Waals surface area contributed by atoms with Crippen LogP contribution in [0.25, 0.3) is 11.3 Å². The second-order valence-corrected chi connectivity index (χ2v) is 8.56. The van der Waals surface area contributed by atoms with E-state index in [1.807, 2.05) is 30.3 Å². The lowest BCUT2D eigenvalue weighted by Crippen LogP contribution is -2.42. The van der Waals surface area contributed by atoms with Crippen molar-refractivity contribution in [3.63, 3.8) is 0 Å². The number of nitrogens with zero attached hydrogens (tertiary/aromatic N) is 1. The number of hydrogen-bond acceptors (Lipinski definition) is 6. The maximum absolute atomic E-state index is 12.1. The summed E-state index contributed by atoms with van der Waals surface area (Å²) in [7, 11) is -3.62. The van der Waals surface area contributed by atoms with Gasteiger partial charge in [-0.25, -0.2) is 13.1 Å². The lowest BCUT2D eigenvalue weighted by Gasteiger charge is -2.07. The Balaban J connectivity index is 1.44. The van der Waals surface area contributed by atoms with Crippen LogP contribution in [0.5, 0.6) is 0 Å². The molecule has 3 rings (SSSR count). The fraction of sp³-hybridized carbons (Fsp3) is 0.118. The minimum atomic E-state index is -3.62. The van der Waals surface area contributed by atoms with Gasteiger partial charge in [0.25, 0.3) is 5.91 Å². The van der Waals surface area contributed by atoms with E-state index in [-0.39, 0.29) is 22.9 Å². The van der Waals surface area contributed by atoms with E-state index in [0.29, 0.717) is 5.69 Å². The van der Waals surface area contributed by atoms with Gasteiger partial charge in [-0.15, -0.1) is 11.3 Å². The summed E-state index contributed by atoms with van der Waals surface area (Å²) in [5.41, 5.74) is 6.11. The maximum Gasteiger partial charge on any atom is 0.287 e. The molecule has 2 heterocycles. The standard InChI is InChI=1S/C17H17N5O4S2/c23-15(8-9-18-28(25,26)16-7-4-10-27-16)21-22-17(24)14-11-13(19-20-14)12-5-2-1-3-6-12/h1-7,10-11,18H,8-9H2,(H,19,20)(H,21,23)(H,22,24). The molecule has 2 aromatic heterocycles. The van der Waals surface area contributed by atoms with Gasteiger partial charge in [0, 0.05) is 18.5 Å². The maximum atomic E-state index is 12.1. The quantitative estimate of drug-likeness (QED) is 0.428. The average molecular weight is 419 g/mol. The van der Waals surface area contributed by atoms with E-state index in [1.54, 1.807) is 17.5 Å². The number of hydrazine groups is 1. The number of carbonyl (C=O) groups is 2. The minimum Gasteiger partial charge on any atom is -0.273 e. The highest BCUT2D eigenvalue weighted by Gasteiger charge is 2.15. The lowest BCUT2D eigenvalue weighted by atomic mass is 10.1. The van der Waals surface area contributed by atoms with Crippen LogP contribution >= 0.6 is 11.3 Å². The van der Waals surface area contributed by atoms with Gasteiger partial charge in [0.2, 0.25) is 15.9 Å². The van der Waals surface area contributed by atoms with Gasteiger partial charge >= 0.3 is 0 Å². The first-order valence-electron chi connectivity index (χ1n) is 8.19. The highest BCUT2D eigenvalue weighted by atomic mass is 32.2. The fourth-order valence-electron chi connectivity index (χ4n) is 2.24. The van der Waals surface area contributed by atoms with Crippen molar-refractivity contribution in [2.45, 2.75) is 10.6 Å². The lowest BCUT2D eigenvalue weighted by molar-refractivity contribution is -0.121. The van der Waals surface area contributed by atoms with E-state index in [2.05, 4.69) is 25.8 Å². The molecular formula is C17H17N5O4S2. The Morgan fingerprint density at radius 2 is 1.86 bits per heavy atom. The topological polar surface area (TPSA) is 133 Å². The first-order valence-corrected chi connectivity index (χ1v) is 10.6. The molecule has 2 amide bonds. The van der Waals surface area contributed by atoms with Gasteiger partial charge in [0.05, 0.1) is 5.69 Å². The number of thiophene rings is 1. The summed E-state index contributed by atoms with van der Waals surface area (Å²) in [6.07, 6.45) is -0.136. The fourth-order valence-corrected chi connectivity index (χ4v) is 4.31. The summed E-state index contributed by atoms with van der Waals surface area (Å²) in [6, 6.07) is 14.0. The Hall–Kier alpha value is -3.02. The molecule has 146 valence electrons. The Morgan fingerprint density at radius 3 is 2.57 bits per heavy atom. The summed E-state index contributed by atoms with van der Waals surface area (Å²) in [5, 5.41) is 8.31. The van der Waals surface area contributed by atoms with Gasteiger partial charge < -0.3 is 0 Å². The minimum absolute atomic E-state index is 0.0931. The van der Waals surface area contributed by atoms with E-state index in [4.69, 9.17) is 0 Å². The zero-order valence-electron chi connectivity index (χ0n) is 14.5. The van der Waals surface area contributed by atoms with Crippen LogP contribution in [0.2, 0.25) is 0 Å². The van der Waals surface area contributed by atoms with E-state index in [1.165, 1.54) is 6.07 Å². The van der Waals surface area contributed by atoms with Crippen LogP contribution in [0, 0.1) is 0 Å². The highest BCUT2D eigenvalue weighted by molar-refractivity contribution is 7.91. The van der Waals surface area contributed by atoms with Crippen LogP contribution in [-0.2, 0) is 14.8 Å². The van der Waals surface area contributed by atoms with Crippen molar-refractivity contribution in [2.75, 3.05) is 6.54 Å². The van der Waals surface area contributed by atoms with Crippen LogP contribution in [0.1, 0.15) is 16.9 Å². The van der Waals surface area contributed by atoms with E-state index in [0.717, 1.165) is 16.9 Å². The van der Waals surface area contributed by atoms with Gasteiger partial charge in [0.1, 0.15) is 9.90 Å². The van der Waals surface area contributed by atoms with Crippen molar-refractivity contribution in [3.8, 4) is 11.3 Å². The SMILES string of the molecule is O=C(CCNS(=O)(=O)c1cccs1)NNC(=O)c1cc(-c2ccccc2)n[nH]1. The van der Waals surface area contributed by atoms with Crippen molar-refractivity contribution in [1.29, 1.82) is 0 Å². The molecule has 4 N–H and O–H groups in total. The second kappa shape index (κ2) is 8.78. The Labute approximate surface area is 165 Å². The number of hydrogen-bond donors (Lipinski definition) is 4. The van der Waals surface area contributed by atoms with Crippen LogP contribution < -0.4 is 15.6 Å². The predicted molar refractivity (Wildman–Crippen MR) is 104 cm³/mol. The molecule has 0 saturated carbocycles. The van der Waals surface area contributed by atoms with Gasteiger partial charge in [0.15, 0.2) is 0 Å². The molecule has 0 unspecified atom stereocenters. The summed E-state index contributed by atoms with van der Waals surface area (Å²) in [4.78, 5) is 23.9. The largest absolute Gasteiger partial charge is 0.287 e. The van der Waals surface area contributed by atoms with Gasteiger partial charge in [-0.1, -0.05) is 36.4 Å². The summed E-state index contributed by atoms with van der Waals surface area (Å²) in [6.45, 7) is -0.0931. The molecule has 0 aliphatic carbocycles. The number of amides is 2. The van der Waals surface area contributed by atoms with Crippen LogP contribution in [0.15, 0.2) is 58.1 Å². The Bertz CT molecular complexity index is 1050. The van der Waals surface area contributed by atoms with E-state index in [9.17, 15) is 18.0 Å². The first kappa shape index (κ1) is 19.7. The molecular weight excluding hydrogens is 402 g/mol. The smallest absolute Gasteiger partial charge is 0.273 e. The van der Waals surface area contributed by atoms with Crippen molar-refractivity contribution in [2.24, 2.45) is 0 Å². The number of sulfonamides is 1. The molecule has 0 bridgehead atoms. The number of carbonyl (C=O) groups excluding carboxylic acids is 2. The zero-order valence-corrected chi connectivity index (χ0v) is 16.1. The summed E-state index contributed by atoms with van der Waals surface area (Å²) in [5.74, 6) is -1.10. The molecule has 0 aliphatic rings. The van der Waals surface area contributed by atoms with Gasteiger partial charge in [-0.05, 0) is 17.5 Å². The summed E-state index contributed by atoms with van der Waals surface area (Å²) < 4.78 is 26.4. The molecule has 9 nitrogen and oxygen atoms in total. The highest BCUT2D eigenvalue weighted by Crippen LogP contribution is 2.17. The van der Waals surface area contributed by atoms with Crippen molar-refractivity contribution >= 4 is 33.2 Å². The van der Waals surface area contributed by atoms with Crippen LogP contribution in [0.4, 0.5) is 0 Å². The Kier molecular flexibility index (Phi) is 6.19. The third kappa shape index (κ3) is 5.03. The molecule has 0 aliphatic heterocycles. The molecule has 1 aromatic carbocycles. The first-order chi connectivity index (χ1) is 13.5. The van der Waals surface area contributed by atoms with Crippen molar-refractivity contribution < 1.29 is 18.0 Å². The average Bonchev–Trinajstić information content (AvgIpc) is 3.39. The number of rotatable bonds is 7. The van der Waals surface area contributed by atoms with Crippen LogP contribution in [-0.4, -0.2) is 37.0 Å². The van der Waals surface area contributed by atoms with Crippen molar-refractivity contribution in [3.05, 3.63) is 59.6 Å². The molecule has 0 spiro atoms. The normalized spacial score (nSPS) is 11.1. The van der Waals surface area contributed by atoms with Gasteiger partial charge in [-0.3, -0.25) is 25.5 Å². The molecule has 28 heavy (non-hydrogen) atoms. The van der Waals surface area contributed by atoms with E-state index < -0.39 is 21.8 Å². The number of aromatic amines is 1. The molecule has 0 radical (unpaired) electrons. The monoisotopic (exact) mass is 419 g/mol. The van der Waals surface area contributed by atoms with E-state index >= 15 is 0 Å². The molecule has 0 fully saturated rings. The molecule has 0 atom stereocenters. The van der Waals surface area contributed by atoms with Gasteiger partial charge in [-0.2, -0.15) is 5.10 Å². The van der Waals surface area contributed by atoms with Crippen LogP contribution in [0.3, 0.4) is 0 Å². The number of H-pyrrole nitrogens is 1. The van der Waals surface area contributed by atoms with Crippen molar-refractivity contribution in [1.82, 2.24) is 25.8 Å². The Morgan fingerprint density at radius 1 is 1.07 bits per heavy atom. The number of benzene rings is 1. The second-order valence-electron chi connectivity index (χ2n) is 5.62. The number of nitrogens with one attached hydrogen (secondary N) is 4. The summed E-state index contributed by atoms with van der Waals surface area (Å²) >= 11 is 1.08.